The van der Waals surface area contributed by atoms with E-state index in [0.717, 1.165) is 42.9 Å². The van der Waals surface area contributed by atoms with E-state index in [-0.39, 0.29) is 17.8 Å². The van der Waals surface area contributed by atoms with Crippen molar-refractivity contribution in [1.82, 2.24) is 9.80 Å². The maximum atomic E-state index is 13.5. The number of hydrogen-bond acceptors (Lipinski definition) is 5. The van der Waals surface area contributed by atoms with Crippen molar-refractivity contribution in [2.45, 2.75) is 19.8 Å². The van der Waals surface area contributed by atoms with E-state index in [1.165, 1.54) is 11.3 Å². The minimum absolute atomic E-state index is 0.0146. The Morgan fingerprint density at radius 2 is 1.49 bits per heavy atom. The van der Waals surface area contributed by atoms with E-state index in [0.29, 0.717) is 42.3 Å². The number of urea groups is 1. The molecule has 37 heavy (non-hydrogen) atoms. The minimum Gasteiger partial charge on any atom is -0.367 e. The van der Waals surface area contributed by atoms with Crippen molar-refractivity contribution in [1.29, 1.82) is 0 Å². The van der Waals surface area contributed by atoms with Crippen LogP contribution >= 0.6 is 11.3 Å². The van der Waals surface area contributed by atoms with Gasteiger partial charge in [-0.05, 0) is 61.5 Å². The van der Waals surface area contributed by atoms with Gasteiger partial charge in [-0.15, -0.1) is 11.3 Å². The Balaban J connectivity index is 1.30. The molecular formula is C28H31N5O3S. The molecule has 1 aromatic heterocycles. The molecule has 2 aliphatic heterocycles. The predicted octanol–water partition coefficient (Wildman–Crippen LogP) is 4.90. The zero-order chi connectivity index (χ0) is 25.8. The first-order chi connectivity index (χ1) is 18.0. The summed E-state index contributed by atoms with van der Waals surface area (Å²) in [5, 5.41) is 7.76. The number of anilines is 3. The fraction of sp³-hybridized carbons (Fsp3) is 0.321. The highest BCUT2D eigenvalue weighted by Gasteiger charge is 2.27. The number of rotatable bonds is 5. The Bertz CT molecular complexity index is 1260. The number of piperazine rings is 1. The standard InChI is InChI=1S/C28H31N5O3S/c1-20-6-8-21(9-7-20)30-28(36)33-16-14-31(15-17-33)24-11-10-22(29-26(34)25-5-4-18-37-25)19-23(24)27(35)32-12-2-3-13-32/h4-11,18-19H,2-3,12-17H2,1H3,(H,29,34)(H,30,36). The molecule has 2 N–H and O–H groups in total. The first kappa shape index (κ1) is 24.8. The third-order valence-electron chi connectivity index (χ3n) is 6.83. The van der Waals surface area contributed by atoms with E-state index in [4.69, 9.17) is 0 Å². The Morgan fingerprint density at radius 1 is 0.784 bits per heavy atom. The Labute approximate surface area is 220 Å². The van der Waals surface area contributed by atoms with Gasteiger partial charge in [0.2, 0.25) is 0 Å². The predicted molar refractivity (Wildman–Crippen MR) is 148 cm³/mol. The van der Waals surface area contributed by atoms with Gasteiger partial charge in [0.05, 0.1) is 10.4 Å². The van der Waals surface area contributed by atoms with Gasteiger partial charge < -0.3 is 25.3 Å². The molecule has 0 bridgehead atoms. The molecule has 192 valence electrons. The summed E-state index contributed by atoms with van der Waals surface area (Å²) < 4.78 is 0. The molecule has 3 heterocycles. The molecule has 4 amide bonds. The van der Waals surface area contributed by atoms with Crippen molar-refractivity contribution >= 4 is 46.2 Å². The highest BCUT2D eigenvalue weighted by Crippen LogP contribution is 2.29. The molecule has 5 rings (SSSR count). The molecule has 0 radical (unpaired) electrons. The topological polar surface area (TPSA) is 85.0 Å². The molecule has 0 spiro atoms. The van der Waals surface area contributed by atoms with Gasteiger partial charge in [-0.25, -0.2) is 4.79 Å². The van der Waals surface area contributed by atoms with Crippen LogP contribution in [0.25, 0.3) is 0 Å². The monoisotopic (exact) mass is 517 g/mol. The van der Waals surface area contributed by atoms with Crippen LogP contribution in [0.2, 0.25) is 0 Å². The van der Waals surface area contributed by atoms with E-state index in [1.807, 2.05) is 59.7 Å². The number of nitrogens with one attached hydrogen (secondary N) is 2. The molecule has 2 fully saturated rings. The molecule has 2 saturated heterocycles. The van der Waals surface area contributed by atoms with Gasteiger partial charge in [0, 0.05) is 56.3 Å². The summed E-state index contributed by atoms with van der Waals surface area (Å²) in [6.07, 6.45) is 2.01. The quantitative estimate of drug-likeness (QED) is 0.504. The van der Waals surface area contributed by atoms with E-state index >= 15 is 0 Å². The summed E-state index contributed by atoms with van der Waals surface area (Å²) >= 11 is 1.38. The number of nitrogens with zero attached hydrogens (tertiary/aromatic N) is 3. The third kappa shape index (κ3) is 5.77. The van der Waals surface area contributed by atoms with Crippen molar-refractivity contribution < 1.29 is 14.4 Å². The summed E-state index contributed by atoms with van der Waals surface area (Å²) in [4.78, 5) is 45.3. The van der Waals surface area contributed by atoms with Crippen LogP contribution in [0, 0.1) is 6.92 Å². The summed E-state index contributed by atoms with van der Waals surface area (Å²) in [6, 6.07) is 16.8. The first-order valence-corrected chi connectivity index (χ1v) is 13.5. The Hall–Kier alpha value is -3.85. The van der Waals surface area contributed by atoms with Crippen molar-refractivity contribution in [2.75, 3.05) is 54.8 Å². The SMILES string of the molecule is Cc1ccc(NC(=O)N2CCN(c3ccc(NC(=O)c4cccs4)cc3C(=O)N3CCCC3)CC2)cc1. The summed E-state index contributed by atoms with van der Waals surface area (Å²) in [5.41, 5.74) is 3.94. The third-order valence-corrected chi connectivity index (χ3v) is 7.70. The molecular weight excluding hydrogens is 486 g/mol. The van der Waals surface area contributed by atoms with Crippen molar-refractivity contribution in [3.63, 3.8) is 0 Å². The lowest BCUT2D eigenvalue weighted by Crippen LogP contribution is -2.50. The van der Waals surface area contributed by atoms with Crippen LogP contribution in [0.3, 0.4) is 0 Å². The molecule has 0 aliphatic carbocycles. The van der Waals surface area contributed by atoms with Gasteiger partial charge >= 0.3 is 6.03 Å². The van der Waals surface area contributed by atoms with Crippen LogP contribution in [0.5, 0.6) is 0 Å². The molecule has 0 atom stereocenters. The van der Waals surface area contributed by atoms with Crippen LogP contribution in [0.1, 0.15) is 38.4 Å². The molecule has 9 heteroatoms. The number of aryl methyl sites for hydroxylation is 1. The maximum Gasteiger partial charge on any atom is 0.321 e. The number of amides is 4. The normalized spacial score (nSPS) is 15.5. The molecule has 3 aromatic rings. The lowest BCUT2D eigenvalue weighted by Gasteiger charge is -2.37. The summed E-state index contributed by atoms with van der Waals surface area (Å²) in [6.45, 7) is 5.83. The van der Waals surface area contributed by atoms with Crippen molar-refractivity contribution in [3.05, 3.63) is 76.0 Å². The highest BCUT2D eigenvalue weighted by atomic mass is 32.1. The smallest absolute Gasteiger partial charge is 0.321 e. The van der Waals surface area contributed by atoms with Gasteiger partial charge in [0.25, 0.3) is 11.8 Å². The zero-order valence-electron chi connectivity index (χ0n) is 20.9. The molecule has 2 aliphatic rings. The van der Waals surface area contributed by atoms with Crippen molar-refractivity contribution in [2.24, 2.45) is 0 Å². The van der Waals surface area contributed by atoms with Crippen LogP contribution < -0.4 is 15.5 Å². The number of likely N-dealkylation sites (tertiary alicyclic amines) is 1. The van der Waals surface area contributed by atoms with E-state index in [2.05, 4.69) is 15.5 Å². The number of hydrogen-bond donors (Lipinski definition) is 2. The van der Waals surface area contributed by atoms with Gasteiger partial charge in [0.15, 0.2) is 0 Å². The average Bonchev–Trinajstić information content (AvgIpc) is 3.65. The van der Waals surface area contributed by atoms with E-state index in [9.17, 15) is 14.4 Å². The van der Waals surface area contributed by atoms with Crippen molar-refractivity contribution in [3.8, 4) is 0 Å². The van der Waals surface area contributed by atoms with Gasteiger partial charge in [-0.1, -0.05) is 23.8 Å². The fourth-order valence-electron chi connectivity index (χ4n) is 4.74. The number of thiophene rings is 1. The van der Waals surface area contributed by atoms with E-state index < -0.39 is 0 Å². The van der Waals surface area contributed by atoms with Crippen LogP contribution in [-0.2, 0) is 0 Å². The Kier molecular flexibility index (Phi) is 7.41. The van der Waals surface area contributed by atoms with Crippen LogP contribution in [-0.4, -0.2) is 66.9 Å². The zero-order valence-corrected chi connectivity index (χ0v) is 21.7. The molecule has 2 aromatic carbocycles. The minimum atomic E-state index is -0.185. The number of benzene rings is 2. The second kappa shape index (κ2) is 11.0. The fourth-order valence-corrected chi connectivity index (χ4v) is 5.36. The average molecular weight is 518 g/mol. The Morgan fingerprint density at radius 3 is 2.16 bits per heavy atom. The molecule has 0 unspecified atom stereocenters. The summed E-state index contributed by atoms with van der Waals surface area (Å²) in [7, 11) is 0. The molecule has 8 nitrogen and oxygen atoms in total. The first-order valence-electron chi connectivity index (χ1n) is 12.6. The van der Waals surface area contributed by atoms with Crippen LogP contribution in [0.15, 0.2) is 60.0 Å². The molecule has 0 saturated carbocycles. The maximum absolute atomic E-state index is 13.5. The van der Waals surface area contributed by atoms with Gasteiger partial charge in [-0.2, -0.15) is 0 Å². The van der Waals surface area contributed by atoms with E-state index in [1.54, 1.807) is 17.0 Å². The summed E-state index contributed by atoms with van der Waals surface area (Å²) in [5.74, 6) is -0.199. The van der Waals surface area contributed by atoms with Gasteiger partial charge in [0.1, 0.15) is 0 Å². The lowest BCUT2D eigenvalue weighted by molar-refractivity contribution is 0.0792. The number of carbonyl (C=O) groups is 3. The largest absolute Gasteiger partial charge is 0.367 e. The van der Waals surface area contributed by atoms with Crippen LogP contribution in [0.4, 0.5) is 21.9 Å². The second-order valence-corrected chi connectivity index (χ2v) is 10.4. The number of carbonyl (C=O) groups excluding carboxylic acids is 3. The lowest BCUT2D eigenvalue weighted by atomic mass is 10.1. The highest BCUT2D eigenvalue weighted by molar-refractivity contribution is 7.12. The van der Waals surface area contributed by atoms with Gasteiger partial charge in [-0.3, -0.25) is 9.59 Å². The second-order valence-electron chi connectivity index (χ2n) is 9.43.